The second-order valence-electron chi connectivity index (χ2n) is 7.76. The normalized spacial score (nSPS) is 18.6. The van der Waals surface area contributed by atoms with E-state index in [2.05, 4.69) is 28.1 Å². The Kier molecular flexibility index (Phi) is 3.80. The first-order valence-electron chi connectivity index (χ1n) is 9.40. The maximum Gasteiger partial charge on any atom is 0.278 e. The van der Waals surface area contributed by atoms with Crippen LogP contribution in [0.5, 0.6) is 0 Å². The van der Waals surface area contributed by atoms with Crippen LogP contribution in [0.3, 0.4) is 0 Å². The molecule has 1 fully saturated rings. The van der Waals surface area contributed by atoms with Crippen molar-refractivity contribution in [2.75, 3.05) is 0 Å². The number of halogens is 1. The first kappa shape index (κ1) is 17.9. The lowest BCUT2D eigenvalue weighted by molar-refractivity contribution is 0.376. The highest BCUT2D eigenvalue weighted by Gasteiger charge is 2.39. The fourth-order valence-electron chi connectivity index (χ4n) is 3.86. The molecule has 5 rings (SSSR count). The van der Waals surface area contributed by atoms with E-state index in [-0.39, 0.29) is 23.1 Å². The third-order valence-corrected chi connectivity index (χ3v) is 5.82. The molecule has 0 spiro atoms. The Morgan fingerprint density at radius 2 is 2.10 bits per heavy atom. The molecule has 3 heterocycles. The van der Waals surface area contributed by atoms with Gasteiger partial charge in [0.05, 0.1) is 21.6 Å². The van der Waals surface area contributed by atoms with E-state index in [0.29, 0.717) is 44.9 Å². The van der Waals surface area contributed by atoms with Gasteiger partial charge >= 0.3 is 0 Å². The third-order valence-electron chi connectivity index (χ3n) is 5.50. The van der Waals surface area contributed by atoms with Crippen LogP contribution in [0.25, 0.3) is 28.1 Å². The zero-order chi connectivity index (χ0) is 20.4. The highest BCUT2D eigenvalue weighted by molar-refractivity contribution is 6.32. The molecular weight excluding hydrogens is 392 g/mol. The Balaban J connectivity index is 1.85. The molecule has 0 saturated heterocycles. The van der Waals surface area contributed by atoms with E-state index in [0.717, 1.165) is 6.42 Å². The van der Waals surface area contributed by atoms with Crippen LogP contribution in [0.2, 0.25) is 5.02 Å². The van der Waals surface area contributed by atoms with Gasteiger partial charge in [-0.3, -0.25) is 9.20 Å². The number of rotatable bonds is 3. The lowest BCUT2D eigenvalue weighted by Crippen LogP contribution is -2.25. The van der Waals surface area contributed by atoms with Crippen molar-refractivity contribution in [2.24, 2.45) is 5.92 Å². The van der Waals surface area contributed by atoms with Crippen molar-refractivity contribution in [3.63, 3.8) is 0 Å². The summed E-state index contributed by atoms with van der Waals surface area (Å²) in [5.41, 5.74) is 1.82. The van der Waals surface area contributed by atoms with Crippen molar-refractivity contribution in [2.45, 2.75) is 39.2 Å². The number of benzene rings is 1. The van der Waals surface area contributed by atoms with Crippen molar-refractivity contribution >= 4 is 28.2 Å². The summed E-state index contributed by atoms with van der Waals surface area (Å²) in [5.74, 6) is 1.68. The van der Waals surface area contributed by atoms with Crippen LogP contribution >= 0.6 is 11.6 Å². The molecule has 0 N–H and O–H groups in total. The topological polar surface area (TPSA) is 102 Å². The molecule has 0 radical (unpaired) electrons. The molecule has 0 bridgehead atoms. The van der Waals surface area contributed by atoms with Crippen molar-refractivity contribution in [3.05, 3.63) is 45.3 Å². The summed E-state index contributed by atoms with van der Waals surface area (Å²) in [6.07, 6.45) is 2.57. The molecule has 8 nitrogen and oxygen atoms in total. The summed E-state index contributed by atoms with van der Waals surface area (Å²) >= 11 is 6.24. The number of hydrogen-bond donors (Lipinski definition) is 0. The van der Waals surface area contributed by atoms with Crippen molar-refractivity contribution < 1.29 is 4.52 Å². The van der Waals surface area contributed by atoms with Crippen LogP contribution in [0.15, 0.2) is 27.8 Å². The Morgan fingerprint density at radius 3 is 2.76 bits per heavy atom. The summed E-state index contributed by atoms with van der Waals surface area (Å²) in [4.78, 5) is 22.4. The Hall–Kier alpha value is -3.18. The van der Waals surface area contributed by atoms with E-state index in [4.69, 9.17) is 16.1 Å². The lowest BCUT2D eigenvalue weighted by atomic mass is 10.1. The first-order valence-corrected chi connectivity index (χ1v) is 9.78. The lowest BCUT2D eigenvalue weighted by Gasteiger charge is -2.17. The van der Waals surface area contributed by atoms with Crippen molar-refractivity contribution in [1.82, 2.24) is 24.1 Å². The number of fused-ring (bicyclic) bond motifs is 3. The molecule has 29 heavy (non-hydrogen) atoms. The third kappa shape index (κ3) is 2.51. The van der Waals surface area contributed by atoms with Crippen LogP contribution in [-0.2, 0) is 0 Å². The van der Waals surface area contributed by atoms with Gasteiger partial charge in [-0.25, -0.2) is 4.98 Å². The highest BCUT2D eigenvalue weighted by atomic mass is 35.5. The highest BCUT2D eigenvalue weighted by Crippen LogP contribution is 2.46. The molecule has 146 valence electrons. The molecule has 1 aromatic carbocycles. The summed E-state index contributed by atoms with van der Waals surface area (Å²) in [6, 6.07) is 5.36. The quantitative estimate of drug-likeness (QED) is 0.509. The summed E-state index contributed by atoms with van der Waals surface area (Å²) in [6.45, 7) is 5.90. The van der Waals surface area contributed by atoms with Crippen molar-refractivity contribution in [3.8, 4) is 17.6 Å². The number of imidazole rings is 1. The van der Waals surface area contributed by atoms with Crippen LogP contribution < -0.4 is 5.56 Å². The minimum Gasteiger partial charge on any atom is -0.339 e. The molecule has 1 aliphatic rings. The molecule has 4 aromatic rings. The van der Waals surface area contributed by atoms with Gasteiger partial charge in [0.2, 0.25) is 11.7 Å². The zero-order valence-electron chi connectivity index (χ0n) is 16.0. The molecular formula is C20H17ClN6O2. The smallest absolute Gasteiger partial charge is 0.278 e. The van der Waals surface area contributed by atoms with Crippen molar-refractivity contribution in [1.29, 1.82) is 5.26 Å². The van der Waals surface area contributed by atoms with Gasteiger partial charge in [-0.1, -0.05) is 23.7 Å². The van der Waals surface area contributed by atoms with Gasteiger partial charge in [0, 0.05) is 12.0 Å². The fourth-order valence-corrected chi connectivity index (χ4v) is 4.05. The summed E-state index contributed by atoms with van der Waals surface area (Å²) in [5, 5.41) is 14.0. The van der Waals surface area contributed by atoms with E-state index >= 15 is 0 Å². The first-order chi connectivity index (χ1) is 13.9. The second-order valence-corrected chi connectivity index (χ2v) is 8.17. The number of hydrogen-bond acceptors (Lipinski definition) is 6. The molecule has 2 atom stereocenters. The molecule has 2 unspecified atom stereocenters. The SMILES string of the molecule is CC1CC1c1nc(-c2ncn3c2c(=O)n(C(C)C)c2c(C#N)c(Cl)ccc23)no1. The van der Waals surface area contributed by atoms with Crippen LogP contribution in [-0.4, -0.2) is 24.1 Å². The maximum atomic E-state index is 13.5. The molecule has 9 heteroatoms. The number of nitriles is 1. The van der Waals surface area contributed by atoms with Gasteiger partial charge in [-0.05, 0) is 38.3 Å². The van der Waals surface area contributed by atoms with E-state index < -0.39 is 0 Å². The minimum absolute atomic E-state index is 0.198. The van der Waals surface area contributed by atoms with Crippen LogP contribution in [0.4, 0.5) is 0 Å². The molecule has 1 aliphatic carbocycles. The Morgan fingerprint density at radius 1 is 1.34 bits per heavy atom. The Labute approximate surface area is 170 Å². The molecule has 0 aliphatic heterocycles. The second kappa shape index (κ2) is 6.16. The average Bonchev–Trinajstić information content (AvgIpc) is 3.10. The zero-order valence-corrected chi connectivity index (χ0v) is 16.8. The maximum absolute atomic E-state index is 13.5. The Bertz CT molecular complexity index is 1390. The van der Waals surface area contributed by atoms with Gasteiger partial charge < -0.3 is 9.09 Å². The molecule has 1 saturated carbocycles. The van der Waals surface area contributed by atoms with E-state index in [9.17, 15) is 10.1 Å². The predicted octanol–water partition coefficient (Wildman–Crippen LogP) is 3.93. The summed E-state index contributed by atoms with van der Waals surface area (Å²) < 4.78 is 8.65. The standard InChI is InChI=1S/C20H17ClN6O2/c1-9(2)27-16-12(7-22)13(21)4-5-14(16)26-8-23-15(17(26)20(27)28)18-24-19(29-25-18)11-6-10(11)3/h4-5,8-11H,6H2,1-3H3. The average molecular weight is 409 g/mol. The van der Waals surface area contributed by atoms with E-state index in [1.165, 1.54) is 0 Å². The molecule has 3 aromatic heterocycles. The monoisotopic (exact) mass is 408 g/mol. The summed E-state index contributed by atoms with van der Waals surface area (Å²) in [7, 11) is 0. The van der Waals surface area contributed by atoms with Crippen LogP contribution in [0, 0.1) is 17.2 Å². The largest absolute Gasteiger partial charge is 0.339 e. The molecule has 0 amide bonds. The van der Waals surface area contributed by atoms with Gasteiger partial charge in [0.25, 0.3) is 5.56 Å². The van der Waals surface area contributed by atoms with Gasteiger partial charge in [-0.15, -0.1) is 0 Å². The van der Waals surface area contributed by atoms with Crippen LogP contribution in [0.1, 0.15) is 50.6 Å². The minimum atomic E-state index is -0.287. The number of nitrogens with zero attached hydrogens (tertiary/aromatic N) is 6. The van der Waals surface area contributed by atoms with Gasteiger partial charge in [-0.2, -0.15) is 10.2 Å². The van der Waals surface area contributed by atoms with Gasteiger partial charge in [0.1, 0.15) is 23.6 Å². The predicted molar refractivity (Wildman–Crippen MR) is 107 cm³/mol. The van der Waals surface area contributed by atoms with Gasteiger partial charge in [0.15, 0.2) is 0 Å². The fraction of sp³-hybridized carbons (Fsp3) is 0.350. The number of aromatic nitrogens is 5. The van der Waals surface area contributed by atoms with E-state index in [1.54, 1.807) is 27.4 Å². The van der Waals surface area contributed by atoms with E-state index in [1.807, 2.05) is 13.8 Å².